The van der Waals surface area contributed by atoms with E-state index in [2.05, 4.69) is 9.97 Å². The highest BCUT2D eigenvalue weighted by Gasteiger charge is 2.23. The van der Waals surface area contributed by atoms with Crippen molar-refractivity contribution in [1.29, 1.82) is 0 Å². The third-order valence-electron chi connectivity index (χ3n) is 1.94. The van der Waals surface area contributed by atoms with Gasteiger partial charge in [-0.15, -0.1) is 0 Å². The Morgan fingerprint density at radius 1 is 1.50 bits per heavy atom. The first-order valence-corrected chi connectivity index (χ1v) is 4.73. The summed E-state index contributed by atoms with van der Waals surface area (Å²) in [6.45, 7) is 5.09. The summed E-state index contributed by atoms with van der Waals surface area (Å²) in [5.74, 6) is -2.12. The number of carboxylic acid groups (broad SMARTS) is 1. The predicted molar refractivity (Wildman–Crippen MR) is 54.9 cm³/mol. The van der Waals surface area contributed by atoms with E-state index in [1.54, 1.807) is 20.8 Å². The molecule has 1 aromatic rings. The highest BCUT2D eigenvalue weighted by atomic mass is 19.1. The maximum atomic E-state index is 13.5. The van der Waals surface area contributed by atoms with E-state index in [0.29, 0.717) is 0 Å². The Morgan fingerprint density at radius 2 is 2.06 bits per heavy atom. The zero-order chi connectivity index (χ0) is 12.5. The Hall–Kier alpha value is -1.72. The minimum Gasteiger partial charge on any atom is -0.481 e. The van der Waals surface area contributed by atoms with Gasteiger partial charge in [-0.1, -0.05) is 20.8 Å². The third-order valence-corrected chi connectivity index (χ3v) is 1.94. The maximum Gasteiger partial charge on any atom is 0.311 e. The second-order valence-electron chi connectivity index (χ2n) is 4.50. The highest BCUT2D eigenvalue weighted by Crippen LogP contribution is 2.20. The van der Waals surface area contributed by atoms with E-state index in [0.717, 1.165) is 0 Å². The van der Waals surface area contributed by atoms with Crippen LogP contribution >= 0.6 is 0 Å². The van der Waals surface area contributed by atoms with Crippen molar-refractivity contribution in [2.75, 3.05) is 0 Å². The summed E-state index contributed by atoms with van der Waals surface area (Å²) >= 11 is 0. The molecular weight excluding hydrogens is 215 g/mol. The normalized spacial score (nSPS) is 11.5. The average molecular weight is 228 g/mol. The molecule has 16 heavy (non-hydrogen) atoms. The summed E-state index contributed by atoms with van der Waals surface area (Å²) in [5, 5.41) is 8.57. The summed E-state index contributed by atoms with van der Waals surface area (Å²) < 4.78 is 13.5. The summed E-state index contributed by atoms with van der Waals surface area (Å²) in [7, 11) is 0. The van der Waals surface area contributed by atoms with E-state index < -0.39 is 29.2 Å². The summed E-state index contributed by atoms with van der Waals surface area (Å²) in [6.07, 6.45) is -0.432. The van der Waals surface area contributed by atoms with E-state index in [9.17, 15) is 14.0 Å². The van der Waals surface area contributed by atoms with Crippen LogP contribution in [0.5, 0.6) is 0 Å². The van der Waals surface area contributed by atoms with Gasteiger partial charge in [0.25, 0.3) is 5.56 Å². The van der Waals surface area contributed by atoms with Crippen molar-refractivity contribution in [2.24, 2.45) is 0 Å². The molecule has 0 fully saturated rings. The number of hydrogen-bond donors (Lipinski definition) is 2. The smallest absolute Gasteiger partial charge is 0.311 e. The van der Waals surface area contributed by atoms with Crippen LogP contribution in [0.2, 0.25) is 0 Å². The number of aliphatic carboxylic acids is 1. The monoisotopic (exact) mass is 228 g/mol. The van der Waals surface area contributed by atoms with E-state index in [1.807, 2.05) is 0 Å². The fourth-order valence-electron chi connectivity index (χ4n) is 1.23. The van der Waals surface area contributed by atoms with Crippen molar-refractivity contribution >= 4 is 5.97 Å². The van der Waals surface area contributed by atoms with Crippen LogP contribution in [0.3, 0.4) is 0 Å². The van der Waals surface area contributed by atoms with Gasteiger partial charge in [0.2, 0.25) is 5.82 Å². The molecule has 0 spiro atoms. The van der Waals surface area contributed by atoms with Crippen LogP contribution < -0.4 is 5.56 Å². The van der Waals surface area contributed by atoms with Crippen molar-refractivity contribution in [3.05, 3.63) is 27.7 Å². The number of carboxylic acids is 1. The first-order chi connectivity index (χ1) is 7.21. The number of H-pyrrole nitrogens is 1. The molecule has 0 aliphatic carbocycles. The van der Waals surface area contributed by atoms with E-state index in [1.165, 1.54) is 0 Å². The molecule has 0 bridgehead atoms. The van der Waals surface area contributed by atoms with Gasteiger partial charge in [0.1, 0.15) is 12.2 Å². The second kappa shape index (κ2) is 4.03. The lowest BCUT2D eigenvalue weighted by Gasteiger charge is -2.18. The Balaban J connectivity index is 3.34. The van der Waals surface area contributed by atoms with E-state index in [-0.39, 0.29) is 11.5 Å². The van der Waals surface area contributed by atoms with Gasteiger partial charge in [-0.05, 0) is 0 Å². The molecule has 0 unspecified atom stereocenters. The lowest BCUT2D eigenvalue weighted by molar-refractivity contribution is -0.136. The molecule has 0 saturated heterocycles. The van der Waals surface area contributed by atoms with Gasteiger partial charge in [0.05, 0.1) is 5.69 Å². The van der Waals surface area contributed by atoms with Crippen LogP contribution in [0, 0.1) is 5.82 Å². The number of carbonyl (C=O) groups is 1. The van der Waals surface area contributed by atoms with Crippen LogP contribution in [-0.4, -0.2) is 21.0 Å². The molecular formula is C10H13FN2O3. The molecule has 0 saturated carbocycles. The Kier molecular flexibility index (Phi) is 3.11. The van der Waals surface area contributed by atoms with Crippen LogP contribution in [0.15, 0.2) is 4.79 Å². The van der Waals surface area contributed by atoms with Crippen molar-refractivity contribution < 1.29 is 14.3 Å². The highest BCUT2D eigenvalue weighted by molar-refractivity contribution is 5.68. The van der Waals surface area contributed by atoms with Gasteiger partial charge < -0.3 is 10.1 Å². The molecule has 0 aromatic carbocycles. The Labute approximate surface area is 91.3 Å². The molecule has 88 valence electrons. The standard InChI is InChI=1S/C10H13FN2O3/c1-10(2,3)8-7(11)9(16)13-5(12-8)4-6(14)15/h4H2,1-3H3,(H,14,15)(H,12,13,16). The number of nitrogens with zero attached hydrogens (tertiary/aromatic N) is 1. The summed E-state index contributed by atoms with van der Waals surface area (Å²) in [5.41, 5.74) is -1.60. The van der Waals surface area contributed by atoms with E-state index in [4.69, 9.17) is 5.11 Å². The van der Waals surface area contributed by atoms with Crippen LogP contribution in [0.25, 0.3) is 0 Å². The molecule has 2 N–H and O–H groups in total. The molecule has 0 radical (unpaired) electrons. The lowest BCUT2D eigenvalue weighted by atomic mass is 9.91. The number of nitrogens with one attached hydrogen (secondary N) is 1. The van der Waals surface area contributed by atoms with Gasteiger partial charge in [0, 0.05) is 5.41 Å². The SMILES string of the molecule is CC(C)(C)c1nc(CC(=O)O)[nH]c(=O)c1F. The minimum absolute atomic E-state index is 0.0208. The molecule has 5 nitrogen and oxygen atoms in total. The Bertz CT molecular complexity index is 474. The topological polar surface area (TPSA) is 83.0 Å². The van der Waals surface area contributed by atoms with Gasteiger partial charge in [-0.2, -0.15) is 4.39 Å². The van der Waals surface area contributed by atoms with Gasteiger partial charge in [-0.3, -0.25) is 9.59 Å². The molecule has 1 rings (SSSR count). The molecule has 6 heteroatoms. The quantitative estimate of drug-likeness (QED) is 0.785. The number of aromatic amines is 1. The number of aromatic nitrogens is 2. The molecule has 1 aromatic heterocycles. The fraction of sp³-hybridized carbons (Fsp3) is 0.500. The fourth-order valence-corrected chi connectivity index (χ4v) is 1.23. The van der Waals surface area contributed by atoms with Crippen molar-refractivity contribution in [1.82, 2.24) is 9.97 Å². The summed E-state index contributed by atoms with van der Waals surface area (Å²) in [6, 6.07) is 0. The number of rotatable bonds is 2. The van der Waals surface area contributed by atoms with Crippen LogP contribution in [0.4, 0.5) is 4.39 Å². The van der Waals surface area contributed by atoms with Crippen molar-refractivity contribution in [2.45, 2.75) is 32.6 Å². The molecule has 0 aliphatic heterocycles. The van der Waals surface area contributed by atoms with E-state index >= 15 is 0 Å². The van der Waals surface area contributed by atoms with Crippen molar-refractivity contribution in [3.8, 4) is 0 Å². The molecule has 1 heterocycles. The number of halogens is 1. The first kappa shape index (κ1) is 12.4. The van der Waals surface area contributed by atoms with Gasteiger partial charge in [0.15, 0.2) is 0 Å². The van der Waals surface area contributed by atoms with Gasteiger partial charge >= 0.3 is 5.97 Å². The average Bonchev–Trinajstić information content (AvgIpc) is 2.08. The minimum atomic E-state index is -1.13. The van der Waals surface area contributed by atoms with Crippen molar-refractivity contribution in [3.63, 3.8) is 0 Å². The van der Waals surface area contributed by atoms with Crippen LogP contribution in [-0.2, 0) is 16.6 Å². The predicted octanol–water partition coefficient (Wildman–Crippen LogP) is 0.834. The Morgan fingerprint density at radius 3 is 2.50 bits per heavy atom. The first-order valence-electron chi connectivity index (χ1n) is 4.73. The molecule has 0 amide bonds. The number of hydrogen-bond acceptors (Lipinski definition) is 3. The summed E-state index contributed by atoms with van der Waals surface area (Å²) in [4.78, 5) is 27.6. The zero-order valence-electron chi connectivity index (χ0n) is 9.30. The molecule has 0 atom stereocenters. The lowest BCUT2D eigenvalue weighted by Crippen LogP contribution is -2.27. The van der Waals surface area contributed by atoms with Crippen LogP contribution in [0.1, 0.15) is 32.3 Å². The van der Waals surface area contributed by atoms with Gasteiger partial charge in [-0.25, -0.2) is 4.98 Å². The third kappa shape index (κ3) is 2.65. The molecule has 0 aliphatic rings. The largest absolute Gasteiger partial charge is 0.481 e. The maximum absolute atomic E-state index is 13.5. The zero-order valence-corrected chi connectivity index (χ0v) is 9.30. The second-order valence-corrected chi connectivity index (χ2v) is 4.50.